The van der Waals surface area contributed by atoms with Gasteiger partial charge in [0.15, 0.2) is 0 Å². The van der Waals surface area contributed by atoms with Crippen LogP contribution in [0.3, 0.4) is 0 Å². The van der Waals surface area contributed by atoms with Gasteiger partial charge in [0.2, 0.25) is 0 Å². The molecule has 2 unspecified atom stereocenters. The molecule has 0 aliphatic heterocycles. The van der Waals surface area contributed by atoms with Gasteiger partial charge < -0.3 is 9.63 Å². The number of ether oxygens (including phenoxy) is 1. The fraction of sp³-hybridized carbons (Fsp3) is 0.800. The van der Waals surface area contributed by atoms with Gasteiger partial charge in [-0.2, -0.15) is 0 Å². The van der Waals surface area contributed by atoms with Gasteiger partial charge in [-0.3, -0.25) is 9.88 Å². The van der Waals surface area contributed by atoms with Crippen molar-refractivity contribution in [3.63, 3.8) is 0 Å². The highest BCUT2D eigenvalue weighted by molar-refractivity contribution is 8.10. The molecule has 0 aromatic rings. The third kappa shape index (κ3) is 5.32. The number of methoxy groups -OCH3 is 1. The topological polar surface area (TPSA) is 58.6 Å². The monoisotopic (exact) mass is 197 g/mol. The summed E-state index contributed by atoms with van der Waals surface area (Å²) in [6, 6.07) is -0.541. The first-order valence-corrected chi connectivity index (χ1v) is 6.23. The maximum Gasteiger partial charge on any atom is 0.322 e. The summed E-state index contributed by atoms with van der Waals surface area (Å²) in [5.41, 5.74) is 0. The van der Waals surface area contributed by atoms with Crippen molar-refractivity contribution in [1.29, 1.82) is 0 Å². The number of carbonyl (C=O) groups excluding carboxylic acids is 1. The Kier molecular flexibility index (Phi) is 4.18. The molecule has 2 N–H and O–H groups in total. The predicted octanol–water partition coefficient (Wildman–Crippen LogP) is 0.0691. The molecule has 0 amide bonds. The predicted molar refractivity (Wildman–Crippen MR) is 47.0 cm³/mol. The minimum absolute atomic E-state index is 0.421. The van der Waals surface area contributed by atoms with E-state index in [4.69, 9.17) is 4.89 Å². The van der Waals surface area contributed by atoms with Crippen molar-refractivity contribution in [2.24, 2.45) is 0 Å². The van der Waals surface area contributed by atoms with E-state index in [0.717, 1.165) is 0 Å². The third-order valence-corrected chi connectivity index (χ3v) is 2.17. The first-order valence-electron chi connectivity index (χ1n) is 3.02. The zero-order valence-corrected chi connectivity index (χ0v) is 8.41. The highest BCUT2D eigenvalue weighted by Crippen LogP contribution is 2.30. The largest absolute Gasteiger partial charge is 0.468 e. The van der Waals surface area contributed by atoms with Crippen LogP contribution in [0.4, 0.5) is 0 Å². The molecule has 0 fully saturated rings. The molecule has 66 valence electrons. The summed E-state index contributed by atoms with van der Waals surface area (Å²) in [4.78, 5) is 19.9. The lowest BCUT2D eigenvalue weighted by molar-refractivity contribution is -0.142. The van der Waals surface area contributed by atoms with Crippen LogP contribution in [0.1, 0.15) is 6.92 Å². The Balaban J connectivity index is 3.98. The standard InChI is InChI=1S/C5H12NO3PS/c1-4(5(7)9-2)6-10(3,8)11/h4H,1-3H3,(H2,6,8,11). The molecule has 4 nitrogen and oxygen atoms in total. The van der Waals surface area contributed by atoms with Crippen molar-refractivity contribution in [3.8, 4) is 0 Å². The van der Waals surface area contributed by atoms with Gasteiger partial charge in [-0.25, -0.2) is 0 Å². The van der Waals surface area contributed by atoms with Crippen LogP contribution in [0.2, 0.25) is 0 Å². The van der Waals surface area contributed by atoms with E-state index in [1.807, 2.05) is 0 Å². The van der Waals surface area contributed by atoms with E-state index < -0.39 is 18.4 Å². The SMILES string of the molecule is COC(=O)C(C)NP(C)(O)=S. The second-order valence-corrected chi connectivity index (χ2v) is 6.40. The average Bonchev–Trinajstić information content (AvgIpc) is 1.82. The third-order valence-electron chi connectivity index (χ3n) is 0.988. The molecule has 0 aromatic heterocycles. The Bertz CT molecular complexity index is 190. The molecule has 0 radical (unpaired) electrons. The molecular formula is C5H12NO3PS. The van der Waals surface area contributed by atoms with E-state index in [1.165, 1.54) is 13.8 Å². The number of rotatable bonds is 3. The zero-order chi connectivity index (χ0) is 9.07. The summed E-state index contributed by atoms with van der Waals surface area (Å²) in [6.45, 7) is 3.08. The fourth-order valence-corrected chi connectivity index (χ4v) is 1.89. The van der Waals surface area contributed by atoms with Gasteiger partial charge in [0, 0.05) is 6.66 Å². The Hall–Kier alpha value is 0.0400. The minimum Gasteiger partial charge on any atom is -0.468 e. The number of hydrogen-bond acceptors (Lipinski definition) is 3. The van der Waals surface area contributed by atoms with Crippen LogP contribution in [0.25, 0.3) is 0 Å². The first-order chi connectivity index (χ1) is 4.87. The summed E-state index contributed by atoms with van der Waals surface area (Å²) in [5, 5.41) is 2.58. The average molecular weight is 197 g/mol. The molecule has 2 atom stereocenters. The molecular weight excluding hydrogens is 185 g/mol. The normalized spacial score (nSPS) is 18.5. The lowest BCUT2D eigenvalue weighted by atomic mass is 10.4. The quantitative estimate of drug-likeness (QED) is 0.495. The number of nitrogens with one attached hydrogen (secondary N) is 1. The van der Waals surface area contributed by atoms with Gasteiger partial charge in [0.1, 0.15) is 12.5 Å². The van der Waals surface area contributed by atoms with Gasteiger partial charge in [0.05, 0.1) is 7.11 Å². The Morgan fingerprint density at radius 1 is 1.82 bits per heavy atom. The Morgan fingerprint density at radius 3 is 2.55 bits per heavy atom. The van der Waals surface area contributed by atoms with Gasteiger partial charge in [0.25, 0.3) is 0 Å². The molecule has 0 aliphatic rings. The van der Waals surface area contributed by atoms with Gasteiger partial charge >= 0.3 is 5.97 Å². The van der Waals surface area contributed by atoms with Gasteiger partial charge in [-0.15, -0.1) is 0 Å². The van der Waals surface area contributed by atoms with Crippen molar-refractivity contribution >= 4 is 24.2 Å². The Morgan fingerprint density at radius 2 is 2.27 bits per heavy atom. The molecule has 0 saturated carbocycles. The highest BCUT2D eigenvalue weighted by Gasteiger charge is 2.16. The van der Waals surface area contributed by atoms with Crippen LogP contribution >= 0.6 is 6.42 Å². The number of carbonyl (C=O) groups is 1. The van der Waals surface area contributed by atoms with E-state index in [9.17, 15) is 4.79 Å². The lowest BCUT2D eigenvalue weighted by Gasteiger charge is -2.15. The molecule has 0 aliphatic carbocycles. The van der Waals surface area contributed by atoms with Crippen LogP contribution < -0.4 is 5.09 Å². The highest BCUT2D eigenvalue weighted by atomic mass is 32.4. The number of hydrogen-bond donors (Lipinski definition) is 2. The van der Waals surface area contributed by atoms with Crippen molar-refractivity contribution in [1.82, 2.24) is 5.09 Å². The van der Waals surface area contributed by atoms with Crippen LogP contribution in [0.5, 0.6) is 0 Å². The summed E-state index contributed by atoms with van der Waals surface area (Å²) < 4.78 is 4.42. The van der Waals surface area contributed by atoms with Crippen molar-refractivity contribution in [3.05, 3.63) is 0 Å². The smallest absolute Gasteiger partial charge is 0.322 e. The van der Waals surface area contributed by atoms with Crippen LogP contribution in [0.15, 0.2) is 0 Å². The van der Waals surface area contributed by atoms with Gasteiger partial charge in [-0.1, -0.05) is 11.8 Å². The second kappa shape index (κ2) is 4.16. The summed E-state index contributed by atoms with van der Waals surface area (Å²) in [7, 11) is 1.29. The maximum absolute atomic E-state index is 10.8. The molecule has 0 saturated heterocycles. The van der Waals surface area contributed by atoms with E-state index in [0.29, 0.717) is 0 Å². The molecule has 0 bridgehead atoms. The first kappa shape index (κ1) is 11.0. The molecule has 0 spiro atoms. The Labute approximate surface area is 71.1 Å². The number of esters is 1. The van der Waals surface area contributed by atoms with Crippen LogP contribution in [0, 0.1) is 0 Å². The fourth-order valence-electron chi connectivity index (χ4n) is 0.589. The zero-order valence-electron chi connectivity index (χ0n) is 6.70. The van der Waals surface area contributed by atoms with Crippen molar-refractivity contribution < 1.29 is 14.4 Å². The summed E-state index contributed by atoms with van der Waals surface area (Å²) in [6.07, 6.45) is -2.51. The minimum atomic E-state index is -2.51. The maximum atomic E-state index is 10.8. The van der Waals surface area contributed by atoms with E-state index in [-0.39, 0.29) is 0 Å². The lowest BCUT2D eigenvalue weighted by Crippen LogP contribution is -2.32. The molecule has 0 heterocycles. The van der Waals surface area contributed by atoms with Crippen LogP contribution in [-0.2, 0) is 21.3 Å². The summed E-state index contributed by atoms with van der Waals surface area (Å²) in [5.74, 6) is -0.421. The van der Waals surface area contributed by atoms with Gasteiger partial charge in [-0.05, 0) is 6.92 Å². The molecule has 11 heavy (non-hydrogen) atoms. The molecule has 0 aromatic carbocycles. The van der Waals surface area contributed by atoms with E-state index in [1.54, 1.807) is 6.92 Å². The van der Waals surface area contributed by atoms with E-state index in [2.05, 4.69) is 21.6 Å². The molecule has 0 rings (SSSR count). The molecule has 6 heteroatoms. The summed E-state index contributed by atoms with van der Waals surface area (Å²) >= 11 is 4.68. The van der Waals surface area contributed by atoms with E-state index >= 15 is 0 Å². The second-order valence-electron chi connectivity index (χ2n) is 2.25. The van der Waals surface area contributed by atoms with Crippen molar-refractivity contribution in [2.45, 2.75) is 13.0 Å². The van der Waals surface area contributed by atoms with Crippen LogP contribution in [-0.4, -0.2) is 30.7 Å². The van der Waals surface area contributed by atoms with Crippen molar-refractivity contribution in [2.75, 3.05) is 13.8 Å².